The van der Waals surface area contributed by atoms with E-state index in [4.69, 9.17) is 10.5 Å². The first-order chi connectivity index (χ1) is 9.60. The van der Waals surface area contributed by atoms with Crippen molar-refractivity contribution in [1.82, 2.24) is 0 Å². The number of hydrogen-bond acceptors (Lipinski definition) is 8. The van der Waals surface area contributed by atoms with Gasteiger partial charge < -0.3 is 30.5 Å². The largest absolute Gasteiger partial charge is 0.460 e. The minimum Gasteiger partial charge on any atom is -0.460 e. The van der Waals surface area contributed by atoms with Crippen LogP contribution in [-0.4, -0.2) is 64.3 Å². The minimum absolute atomic E-state index is 0.0665. The van der Waals surface area contributed by atoms with E-state index < -0.39 is 42.3 Å². The highest BCUT2D eigenvalue weighted by atomic mass is 16.6. The first-order valence-corrected chi connectivity index (χ1v) is 6.77. The van der Waals surface area contributed by atoms with E-state index in [1.165, 1.54) is 13.8 Å². The second-order valence-corrected chi connectivity index (χ2v) is 5.14. The maximum absolute atomic E-state index is 11.4. The molecule has 0 fully saturated rings. The molecule has 3 atom stereocenters. The van der Waals surface area contributed by atoms with Gasteiger partial charge in [0.15, 0.2) is 5.79 Å². The minimum atomic E-state index is -1.54. The van der Waals surface area contributed by atoms with Gasteiger partial charge in [-0.25, -0.2) is 4.79 Å². The van der Waals surface area contributed by atoms with Crippen molar-refractivity contribution in [1.29, 1.82) is 0 Å². The highest BCUT2D eigenvalue weighted by molar-refractivity contribution is 6.33. The average molecular weight is 307 g/mol. The normalized spacial score (nSPS) is 16.1. The van der Waals surface area contributed by atoms with Crippen molar-refractivity contribution < 1.29 is 34.4 Å². The van der Waals surface area contributed by atoms with E-state index in [1.54, 1.807) is 6.92 Å². The molecule has 0 heterocycles. The fraction of sp³-hybridized carbons (Fsp3) is 0.846. The molecular weight excluding hydrogens is 282 g/mol. The predicted molar refractivity (Wildman–Crippen MR) is 73.1 cm³/mol. The first kappa shape index (κ1) is 19.9. The van der Waals surface area contributed by atoms with Crippen LogP contribution in [0, 0.1) is 0 Å². The lowest BCUT2D eigenvalue weighted by atomic mass is 10.0. The molecule has 21 heavy (non-hydrogen) atoms. The van der Waals surface area contributed by atoms with E-state index in [0.717, 1.165) is 0 Å². The Morgan fingerprint density at radius 3 is 2.29 bits per heavy atom. The van der Waals surface area contributed by atoms with Crippen LogP contribution >= 0.6 is 0 Å². The number of hydrogen-bond donors (Lipinski definition) is 4. The van der Waals surface area contributed by atoms with Gasteiger partial charge in [0.25, 0.3) is 0 Å². The van der Waals surface area contributed by atoms with Gasteiger partial charge in [0.1, 0.15) is 0 Å². The molecule has 0 saturated heterocycles. The van der Waals surface area contributed by atoms with Gasteiger partial charge in [-0.2, -0.15) is 0 Å². The fourth-order valence-electron chi connectivity index (χ4n) is 1.67. The van der Waals surface area contributed by atoms with Gasteiger partial charge in [0, 0.05) is 19.4 Å². The van der Waals surface area contributed by atoms with Gasteiger partial charge in [-0.3, -0.25) is 4.79 Å². The summed E-state index contributed by atoms with van der Waals surface area (Å²) in [7, 11) is 0. The van der Waals surface area contributed by atoms with Crippen LogP contribution in [0.3, 0.4) is 0 Å². The molecule has 0 spiro atoms. The van der Waals surface area contributed by atoms with Crippen LogP contribution < -0.4 is 5.73 Å². The van der Waals surface area contributed by atoms with Gasteiger partial charge in [-0.15, -0.1) is 0 Å². The number of Topliss-reactive ketones (excluding diaryl/α,β-unsaturated/α-hetero) is 1. The van der Waals surface area contributed by atoms with Crippen LogP contribution in [0.1, 0.15) is 33.6 Å². The van der Waals surface area contributed by atoms with E-state index >= 15 is 0 Å². The second-order valence-electron chi connectivity index (χ2n) is 5.14. The Bertz CT molecular complexity index is 340. The van der Waals surface area contributed by atoms with Crippen molar-refractivity contribution in [2.24, 2.45) is 5.73 Å². The molecular formula is C13H25NO7. The highest BCUT2D eigenvalue weighted by Gasteiger charge is 2.30. The Labute approximate surface area is 123 Å². The van der Waals surface area contributed by atoms with Crippen LogP contribution in [0.15, 0.2) is 0 Å². The number of esters is 1. The second kappa shape index (κ2) is 9.06. The number of aliphatic hydroxyl groups is 3. The molecule has 0 aliphatic rings. The SMILES string of the molecule is CCOC(=O)C(=O)C[C@@H](O)C[C@H](OC(C)(C)O)[C@H](O)CN. The third kappa shape index (κ3) is 8.74. The fourth-order valence-corrected chi connectivity index (χ4v) is 1.67. The lowest BCUT2D eigenvalue weighted by Gasteiger charge is -2.30. The van der Waals surface area contributed by atoms with Crippen molar-refractivity contribution in [3.05, 3.63) is 0 Å². The monoisotopic (exact) mass is 307 g/mol. The zero-order chi connectivity index (χ0) is 16.6. The Morgan fingerprint density at radius 1 is 1.29 bits per heavy atom. The average Bonchev–Trinajstić information content (AvgIpc) is 2.35. The molecule has 124 valence electrons. The van der Waals surface area contributed by atoms with Crippen molar-refractivity contribution >= 4 is 11.8 Å². The number of rotatable bonds is 10. The van der Waals surface area contributed by atoms with Gasteiger partial charge >= 0.3 is 5.97 Å². The van der Waals surface area contributed by atoms with Crippen molar-refractivity contribution in [2.45, 2.75) is 57.7 Å². The Kier molecular flexibility index (Phi) is 8.60. The lowest BCUT2D eigenvalue weighted by molar-refractivity contribution is -0.229. The van der Waals surface area contributed by atoms with Crippen LogP contribution in [0.4, 0.5) is 0 Å². The number of carbonyl (C=O) groups excluding carboxylic acids is 2. The summed E-state index contributed by atoms with van der Waals surface area (Å²) >= 11 is 0. The third-order valence-corrected chi connectivity index (χ3v) is 2.54. The van der Waals surface area contributed by atoms with Gasteiger partial charge in [0.2, 0.25) is 5.78 Å². The molecule has 0 bridgehead atoms. The number of ether oxygens (including phenoxy) is 2. The predicted octanol–water partition coefficient (Wildman–Crippen LogP) is -1.31. The van der Waals surface area contributed by atoms with Crippen molar-refractivity contribution in [2.75, 3.05) is 13.2 Å². The molecule has 0 aromatic heterocycles. The first-order valence-electron chi connectivity index (χ1n) is 6.77. The number of aliphatic hydroxyl groups excluding tert-OH is 2. The Balaban J connectivity index is 4.56. The topological polar surface area (TPSA) is 139 Å². The molecule has 0 aromatic carbocycles. The molecule has 0 radical (unpaired) electrons. The smallest absolute Gasteiger partial charge is 0.374 e. The zero-order valence-electron chi connectivity index (χ0n) is 12.6. The molecule has 0 aromatic rings. The van der Waals surface area contributed by atoms with E-state index in [0.29, 0.717) is 0 Å². The summed E-state index contributed by atoms with van der Waals surface area (Å²) in [5, 5.41) is 29.1. The number of carbonyl (C=O) groups is 2. The van der Waals surface area contributed by atoms with Crippen LogP contribution in [0.5, 0.6) is 0 Å². The van der Waals surface area contributed by atoms with Crippen molar-refractivity contribution in [3.63, 3.8) is 0 Å². The number of ketones is 1. The summed E-state index contributed by atoms with van der Waals surface area (Å²) in [5.74, 6) is -3.42. The van der Waals surface area contributed by atoms with Crippen LogP contribution in [0.25, 0.3) is 0 Å². The standard InChI is InChI=1S/C13H25NO7/c1-4-20-12(18)9(16)5-8(15)6-11(10(17)7-14)21-13(2,3)19/h8,10-11,15,17,19H,4-7,14H2,1-3H3/t8-,10-,11+/m1/s1. The van der Waals surface area contributed by atoms with E-state index in [1.807, 2.05) is 0 Å². The molecule has 0 aliphatic carbocycles. The number of nitrogens with two attached hydrogens (primary N) is 1. The summed E-state index contributed by atoms with van der Waals surface area (Å²) in [4.78, 5) is 22.6. The van der Waals surface area contributed by atoms with E-state index in [9.17, 15) is 24.9 Å². The van der Waals surface area contributed by atoms with E-state index in [2.05, 4.69) is 4.74 Å². The Hall–Kier alpha value is -1.06. The third-order valence-electron chi connectivity index (χ3n) is 2.54. The molecule has 0 rings (SSSR count). The molecule has 0 amide bonds. The molecule has 8 nitrogen and oxygen atoms in total. The summed E-state index contributed by atoms with van der Waals surface area (Å²) in [6.07, 6.45) is -3.94. The van der Waals surface area contributed by atoms with Crippen LogP contribution in [-0.2, 0) is 19.1 Å². The lowest BCUT2D eigenvalue weighted by Crippen LogP contribution is -2.43. The quantitative estimate of drug-likeness (QED) is 0.222. The summed E-state index contributed by atoms with van der Waals surface area (Å²) < 4.78 is 9.71. The molecule has 8 heteroatoms. The zero-order valence-corrected chi connectivity index (χ0v) is 12.6. The van der Waals surface area contributed by atoms with Gasteiger partial charge in [-0.1, -0.05) is 0 Å². The van der Waals surface area contributed by atoms with Gasteiger partial charge in [-0.05, 0) is 20.8 Å². The maximum atomic E-state index is 11.4. The molecule has 0 aliphatic heterocycles. The summed E-state index contributed by atoms with van der Waals surface area (Å²) in [6.45, 7) is 4.21. The summed E-state index contributed by atoms with van der Waals surface area (Å²) in [6, 6.07) is 0. The van der Waals surface area contributed by atoms with Gasteiger partial charge in [0.05, 0.1) is 24.9 Å². The molecule has 0 saturated carbocycles. The van der Waals surface area contributed by atoms with E-state index in [-0.39, 0.29) is 19.6 Å². The highest BCUT2D eigenvalue weighted by Crippen LogP contribution is 2.17. The summed E-state index contributed by atoms with van der Waals surface area (Å²) in [5.41, 5.74) is 5.32. The Morgan fingerprint density at radius 2 is 1.86 bits per heavy atom. The van der Waals surface area contributed by atoms with Crippen LogP contribution in [0.2, 0.25) is 0 Å². The van der Waals surface area contributed by atoms with Crippen molar-refractivity contribution in [3.8, 4) is 0 Å². The molecule has 0 unspecified atom stereocenters. The maximum Gasteiger partial charge on any atom is 0.374 e. The molecule has 5 N–H and O–H groups in total.